The zero-order chi connectivity index (χ0) is 16.8. The lowest BCUT2D eigenvalue weighted by Crippen LogP contribution is -2.35. The standard InChI is InChI=1S/C18H19NO5/c1-2-23-17(21)9-3-5-11(6-4-9)19-16(20)14-10-7-12-13(8-10)24-18(22)15(12)14/h3-6,10,12-15H,2,7-8H2,1H3,(H,19,20)/t10-,12-,13+,14-,15-/m1/s1. The van der Waals surface area contributed by atoms with E-state index in [9.17, 15) is 14.4 Å². The topological polar surface area (TPSA) is 81.7 Å². The smallest absolute Gasteiger partial charge is 0.338 e. The molecular formula is C18H19NO5. The molecule has 5 atom stereocenters. The SMILES string of the molecule is CCOC(=O)c1ccc(NC(=O)[C@@H]2[C@@H]3C[C@H]4[C@H]2C(=O)O[C@H]4C3)cc1. The van der Waals surface area contributed by atoms with Gasteiger partial charge in [0.15, 0.2) is 0 Å². The number of fused-ring (bicyclic) bond motifs is 1. The first-order valence-corrected chi connectivity index (χ1v) is 8.37. The Morgan fingerprint density at radius 3 is 2.71 bits per heavy atom. The molecule has 2 saturated carbocycles. The van der Waals surface area contributed by atoms with Gasteiger partial charge in [-0.05, 0) is 49.9 Å². The van der Waals surface area contributed by atoms with Crippen molar-refractivity contribution in [3.63, 3.8) is 0 Å². The van der Waals surface area contributed by atoms with E-state index in [1.54, 1.807) is 31.2 Å². The Morgan fingerprint density at radius 2 is 2.00 bits per heavy atom. The number of rotatable bonds is 4. The van der Waals surface area contributed by atoms with E-state index in [0.717, 1.165) is 12.8 Å². The van der Waals surface area contributed by atoms with Crippen LogP contribution in [0.3, 0.4) is 0 Å². The molecule has 6 nitrogen and oxygen atoms in total. The molecule has 6 heteroatoms. The molecule has 1 N–H and O–H groups in total. The largest absolute Gasteiger partial charge is 0.462 e. The summed E-state index contributed by atoms with van der Waals surface area (Å²) < 4.78 is 10.3. The Labute approximate surface area is 139 Å². The van der Waals surface area contributed by atoms with Gasteiger partial charge >= 0.3 is 11.9 Å². The van der Waals surface area contributed by atoms with E-state index in [-0.39, 0.29) is 47.6 Å². The van der Waals surface area contributed by atoms with Crippen molar-refractivity contribution in [3.8, 4) is 0 Å². The van der Waals surface area contributed by atoms with Gasteiger partial charge in [-0.3, -0.25) is 9.59 Å². The highest BCUT2D eigenvalue weighted by Crippen LogP contribution is 2.57. The molecule has 3 aliphatic rings. The third-order valence-corrected chi connectivity index (χ3v) is 5.45. The summed E-state index contributed by atoms with van der Waals surface area (Å²) in [5, 5.41) is 2.87. The van der Waals surface area contributed by atoms with Gasteiger partial charge in [-0.25, -0.2) is 4.79 Å². The minimum atomic E-state index is -0.386. The number of anilines is 1. The first-order chi connectivity index (χ1) is 11.6. The molecule has 1 aromatic carbocycles. The number of hydrogen-bond donors (Lipinski definition) is 1. The van der Waals surface area contributed by atoms with Crippen LogP contribution in [0.2, 0.25) is 0 Å². The fraction of sp³-hybridized carbons (Fsp3) is 0.500. The normalized spacial score (nSPS) is 32.5. The molecule has 0 unspecified atom stereocenters. The van der Waals surface area contributed by atoms with Crippen molar-refractivity contribution < 1.29 is 23.9 Å². The van der Waals surface area contributed by atoms with Gasteiger partial charge in [0.1, 0.15) is 6.10 Å². The van der Waals surface area contributed by atoms with Crippen molar-refractivity contribution in [1.29, 1.82) is 0 Å². The third kappa shape index (κ3) is 2.28. The summed E-state index contributed by atoms with van der Waals surface area (Å²) in [6.45, 7) is 2.07. The number of nitrogens with one attached hydrogen (secondary N) is 1. The molecule has 1 aliphatic heterocycles. The van der Waals surface area contributed by atoms with Crippen molar-refractivity contribution >= 4 is 23.5 Å². The van der Waals surface area contributed by atoms with E-state index in [1.807, 2.05) is 0 Å². The molecular weight excluding hydrogens is 310 g/mol. The maximum absolute atomic E-state index is 12.6. The Morgan fingerprint density at radius 1 is 1.25 bits per heavy atom. The number of esters is 2. The van der Waals surface area contributed by atoms with E-state index < -0.39 is 0 Å². The number of ether oxygens (including phenoxy) is 2. The van der Waals surface area contributed by atoms with Gasteiger partial charge in [0, 0.05) is 11.6 Å². The van der Waals surface area contributed by atoms with E-state index in [1.165, 1.54) is 0 Å². The average Bonchev–Trinajstić information content (AvgIpc) is 3.17. The molecule has 0 aromatic heterocycles. The molecule has 4 rings (SSSR count). The Hall–Kier alpha value is -2.37. The summed E-state index contributed by atoms with van der Waals surface area (Å²) >= 11 is 0. The monoisotopic (exact) mass is 329 g/mol. The van der Waals surface area contributed by atoms with E-state index in [0.29, 0.717) is 17.9 Å². The highest BCUT2D eigenvalue weighted by molar-refractivity contribution is 5.97. The predicted molar refractivity (Wildman–Crippen MR) is 84.1 cm³/mol. The summed E-state index contributed by atoms with van der Waals surface area (Å²) in [6.07, 6.45) is 1.73. The number of benzene rings is 1. The van der Waals surface area contributed by atoms with Crippen LogP contribution in [0.4, 0.5) is 5.69 Å². The predicted octanol–water partition coefficient (Wildman–Crippen LogP) is 2.00. The molecule has 2 bridgehead atoms. The van der Waals surface area contributed by atoms with Gasteiger partial charge in [0.05, 0.1) is 24.0 Å². The van der Waals surface area contributed by atoms with Crippen LogP contribution in [-0.2, 0) is 19.1 Å². The summed E-state index contributed by atoms with van der Waals surface area (Å²) in [5.74, 6) is -0.877. The first-order valence-electron chi connectivity index (χ1n) is 8.37. The van der Waals surface area contributed by atoms with Gasteiger partial charge in [-0.1, -0.05) is 0 Å². The Kier molecular flexibility index (Phi) is 3.55. The first kappa shape index (κ1) is 15.2. The van der Waals surface area contributed by atoms with Crippen molar-refractivity contribution in [2.75, 3.05) is 11.9 Å². The highest BCUT2D eigenvalue weighted by Gasteiger charge is 2.63. The molecule has 1 aromatic rings. The van der Waals surface area contributed by atoms with Crippen LogP contribution in [0.15, 0.2) is 24.3 Å². The van der Waals surface area contributed by atoms with E-state index in [4.69, 9.17) is 9.47 Å². The summed E-state index contributed by atoms with van der Waals surface area (Å²) in [7, 11) is 0. The second kappa shape index (κ2) is 5.61. The quantitative estimate of drug-likeness (QED) is 0.855. The number of hydrogen-bond acceptors (Lipinski definition) is 5. The molecule has 0 spiro atoms. The lowest BCUT2D eigenvalue weighted by molar-refractivity contribution is -0.145. The molecule has 0 radical (unpaired) electrons. The zero-order valence-electron chi connectivity index (χ0n) is 13.4. The second-order valence-electron chi connectivity index (χ2n) is 6.71. The number of carbonyl (C=O) groups excluding carboxylic acids is 3. The van der Waals surface area contributed by atoms with Gasteiger partial charge in [-0.2, -0.15) is 0 Å². The van der Waals surface area contributed by atoms with Crippen LogP contribution in [0.25, 0.3) is 0 Å². The van der Waals surface area contributed by atoms with Gasteiger partial charge in [0.25, 0.3) is 0 Å². The lowest BCUT2D eigenvalue weighted by Gasteiger charge is -2.23. The minimum Gasteiger partial charge on any atom is -0.462 e. The van der Waals surface area contributed by atoms with Crippen LogP contribution in [0, 0.1) is 23.7 Å². The fourth-order valence-electron chi connectivity index (χ4n) is 4.49. The van der Waals surface area contributed by atoms with Crippen LogP contribution in [0.1, 0.15) is 30.1 Å². The molecule has 1 saturated heterocycles. The molecule has 3 fully saturated rings. The van der Waals surface area contributed by atoms with Crippen LogP contribution < -0.4 is 5.32 Å². The summed E-state index contributed by atoms with van der Waals surface area (Å²) in [5.41, 5.74) is 1.05. The number of carbonyl (C=O) groups is 3. The Bertz CT molecular complexity index is 696. The molecule has 126 valence electrons. The molecule has 1 heterocycles. The van der Waals surface area contributed by atoms with Gasteiger partial charge < -0.3 is 14.8 Å². The molecule has 2 aliphatic carbocycles. The van der Waals surface area contributed by atoms with E-state index >= 15 is 0 Å². The molecule has 1 amide bonds. The number of amides is 1. The maximum atomic E-state index is 12.6. The van der Waals surface area contributed by atoms with Crippen LogP contribution in [-0.4, -0.2) is 30.6 Å². The summed E-state index contributed by atoms with van der Waals surface area (Å²) in [6, 6.07) is 6.59. The van der Waals surface area contributed by atoms with Gasteiger partial charge in [0.2, 0.25) is 5.91 Å². The van der Waals surface area contributed by atoms with Gasteiger partial charge in [-0.15, -0.1) is 0 Å². The second-order valence-corrected chi connectivity index (χ2v) is 6.71. The van der Waals surface area contributed by atoms with Crippen molar-refractivity contribution in [2.24, 2.45) is 23.7 Å². The summed E-state index contributed by atoms with van der Waals surface area (Å²) in [4.78, 5) is 36.3. The zero-order valence-corrected chi connectivity index (χ0v) is 13.4. The van der Waals surface area contributed by atoms with Crippen molar-refractivity contribution in [2.45, 2.75) is 25.9 Å². The van der Waals surface area contributed by atoms with E-state index in [2.05, 4.69) is 5.32 Å². The fourth-order valence-corrected chi connectivity index (χ4v) is 4.49. The molecule has 24 heavy (non-hydrogen) atoms. The maximum Gasteiger partial charge on any atom is 0.338 e. The highest BCUT2D eigenvalue weighted by atomic mass is 16.6. The average molecular weight is 329 g/mol. The Balaban J connectivity index is 1.45. The minimum absolute atomic E-state index is 0.0282. The van der Waals surface area contributed by atoms with Crippen molar-refractivity contribution in [3.05, 3.63) is 29.8 Å². The van der Waals surface area contributed by atoms with Crippen LogP contribution >= 0.6 is 0 Å². The lowest BCUT2D eigenvalue weighted by atomic mass is 9.79. The van der Waals surface area contributed by atoms with Crippen LogP contribution in [0.5, 0.6) is 0 Å². The van der Waals surface area contributed by atoms with Crippen molar-refractivity contribution in [1.82, 2.24) is 0 Å². The third-order valence-electron chi connectivity index (χ3n) is 5.45.